The molecule has 0 unspecified atom stereocenters. The Labute approximate surface area is 131 Å². The second kappa shape index (κ2) is 6.53. The molecule has 5 nitrogen and oxygen atoms in total. The number of rotatable bonds is 6. The van der Waals surface area contributed by atoms with Crippen molar-refractivity contribution in [2.45, 2.75) is 17.9 Å². The fourth-order valence-corrected chi connectivity index (χ4v) is 3.96. The number of hydrogen-bond donors (Lipinski definition) is 0. The molecule has 2 amide bonds. The molecular weight excluding hydrogens is 306 g/mol. The zero-order valence-electron chi connectivity index (χ0n) is 11.4. The van der Waals surface area contributed by atoms with Gasteiger partial charge in [0.1, 0.15) is 5.65 Å². The smallest absolute Gasteiger partial charge is 0.288 e. The van der Waals surface area contributed by atoms with Crippen molar-refractivity contribution >= 4 is 40.3 Å². The second-order valence-corrected chi connectivity index (χ2v) is 6.72. The molecule has 0 N–H and O–H groups in total. The average molecular weight is 321 g/mol. The Morgan fingerprint density at radius 3 is 3.00 bits per heavy atom. The van der Waals surface area contributed by atoms with Crippen molar-refractivity contribution in [2.24, 2.45) is 0 Å². The number of imide groups is 1. The molecule has 2 aromatic heterocycles. The van der Waals surface area contributed by atoms with Crippen molar-refractivity contribution in [3.05, 3.63) is 30.6 Å². The van der Waals surface area contributed by atoms with Crippen LogP contribution in [-0.2, 0) is 4.79 Å². The van der Waals surface area contributed by atoms with E-state index in [-0.39, 0.29) is 11.1 Å². The molecule has 1 fully saturated rings. The van der Waals surface area contributed by atoms with Crippen LogP contribution in [0.3, 0.4) is 0 Å². The lowest BCUT2D eigenvalue weighted by Gasteiger charge is -2.12. The Morgan fingerprint density at radius 2 is 2.19 bits per heavy atom. The maximum Gasteiger partial charge on any atom is 0.288 e. The highest BCUT2D eigenvalue weighted by Crippen LogP contribution is 2.22. The van der Waals surface area contributed by atoms with E-state index in [1.165, 1.54) is 4.90 Å². The Hall–Kier alpha value is -1.47. The summed E-state index contributed by atoms with van der Waals surface area (Å²) in [5, 5.41) is 1.06. The number of nitrogens with zero attached hydrogens (tertiary/aromatic N) is 3. The van der Waals surface area contributed by atoms with Gasteiger partial charge in [0.2, 0.25) is 5.91 Å². The van der Waals surface area contributed by atoms with E-state index in [4.69, 9.17) is 0 Å². The van der Waals surface area contributed by atoms with Crippen LogP contribution in [0.4, 0.5) is 4.79 Å². The van der Waals surface area contributed by atoms with Crippen LogP contribution >= 0.6 is 23.5 Å². The summed E-state index contributed by atoms with van der Waals surface area (Å²) in [5.74, 6) is 1.21. The van der Waals surface area contributed by atoms with Gasteiger partial charge in [-0.25, -0.2) is 4.98 Å². The summed E-state index contributed by atoms with van der Waals surface area (Å²) in [5.41, 5.74) is 0.949. The Bertz CT molecular complexity index is 655. The first-order valence-electron chi connectivity index (χ1n) is 6.78. The molecule has 0 radical (unpaired) electrons. The van der Waals surface area contributed by atoms with E-state index < -0.39 is 0 Å². The van der Waals surface area contributed by atoms with Crippen LogP contribution in [0.5, 0.6) is 0 Å². The number of thioether (sulfide) groups is 2. The lowest BCUT2D eigenvalue weighted by atomic mass is 10.3. The van der Waals surface area contributed by atoms with Crippen LogP contribution in [-0.4, -0.2) is 43.5 Å². The predicted molar refractivity (Wildman–Crippen MR) is 84.7 cm³/mol. The van der Waals surface area contributed by atoms with Crippen LogP contribution in [0.1, 0.15) is 12.8 Å². The maximum atomic E-state index is 11.5. The summed E-state index contributed by atoms with van der Waals surface area (Å²) in [6.45, 7) is 0.542. The van der Waals surface area contributed by atoms with Gasteiger partial charge >= 0.3 is 0 Å². The highest BCUT2D eigenvalue weighted by Gasteiger charge is 2.28. The molecule has 1 saturated heterocycles. The van der Waals surface area contributed by atoms with E-state index in [0.717, 1.165) is 41.0 Å². The minimum Gasteiger partial charge on any atom is -0.294 e. The van der Waals surface area contributed by atoms with E-state index in [0.29, 0.717) is 12.3 Å². The number of hydrogen-bond acceptors (Lipinski definition) is 5. The van der Waals surface area contributed by atoms with Gasteiger partial charge in [-0.05, 0) is 30.7 Å². The highest BCUT2D eigenvalue weighted by atomic mass is 32.2. The van der Waals surface area contributed by atoms with Crippen molar-refractivity contribution < 1.29 is 9.59 Å². The molecule has 110 valence electrons. The summed E-state index contributed by atoms with van der Waals surface area (Å²) in [4.78, 5) is 28.5. The van der Waals surface area contributed by atoms with Crippen LogP contribution < -0.4 is 0 Å². The van der Waals surface area contributed by atoms with E-state index in [1.54, 1.807) is 18.0 Å². The van der Waals surface area contributed by atoms with Crippen LogP contribution in [0, 0.1) is 0 Å². The number of pyridine rings is 1. The molecule has 0 aliphatic carbocycles. The standard InChI is InChI=1S/C14H15N3O2S2/c18-12-10-21-14(19)17(12)7-1-2-9-20-13-5-3-4-11-15-6-8-16(11)13/h3-6,8H,1-2,7,9-10H2. The molecule has 1 aliphatic rings. The van der Waals surface area contributed by atoms with Gasteiger partial charge in [0, 0.05) is 18.9 Å². The number of unbranched alkanes of at least 4 members (excludes halogenated alkanes) is 1. The highest BCUT2D eigenvalue weighted by molar-refractivity contribution is 8.14. The largest absolute Gasteiger partial charge is 0.294 e. The number of fused-ring (bicyclic) bond motifs is 1. The van der Waals surface area contributed by atoms with Crippen LogP contribution in [0.2, 0.25) is 0 Å². The normalized spacial score (nSPS) is 15.3. The monoisotopic (exact) mass is 321 g/mol. The molecule has 0 saturated carbocycles. The molecule has 3 rings (SSSR count). The van der Waals surface area contributed by atoms with E-state index in [1.807, 2.05) is 18.3 Å². The molecule has 21 heavy (non-hydrogen) atoms. The number of carbonyl (C=O) groups is 2. The van der Waals surface area contributed by atoms with E-state index >= 15 is 0 Å². The average Bonchev–Trinajstić information content (AvgIpc) is 3.08. The Balaban J connectivity index is 1.45. The zero-order valence-corrected chi connectivity index (χ0v) is 13.0. The van der Waals surface area contributed by atoms with E-state index in [9.17, 15) is 9.59 Å². The van der Waals surface area contributed by atoms with Gasteiger partial charge in [0.25, 0.3) is 5.24 Å². The first-order chi connectivity index (χ1) is 10.3. The molecule has 1 aliphatic heterocycles. The van der Waals surface area contributed by atoms with Crippen molar-refractivity contribution in [2.75, 3.05) is 18.1 Å². The summed E-state index contributed by atoms with van der Waals surface area (Å²) < 4.78 is 2.06. The third-order valence-corrected chi connectivity index (χ3v) is 5.24. The van der Waals surface area contributed by atoms with Gasteiger partial charge < -0.3 is 0 Å². The molecule has 0 spiro atoms. The number of carbonyl (C=O) groups excluding carboxylic acids is 2. The molecular formula is C14H15N3O2S2. The van der Waals surface area contributed by atoms with Crippen LogP contribution in [0.25, 0.3) is 5.65 Å². The number of imidazole rings is 1. The molecule has 0 atom stereocenters. The van der Waals surface area contributed by atoms with Crippen molar-refractivity contribution in [1.29, 1.82) is 0 Å². The van der Waals surface area contributed by atoms with Gasteiger partial charge in [-0.15, -0.1) is 11.8 Å². The fraction of sp³-hybridized carbons (Fsp3) is 0.357. The van der Waals surface area contributed by atoms with E-state index in [2.05, 4.69) is 15.5 Å². The van der Waals surface area contributed by atoms with Crippen molar-refractivity contribution in [3.63, 3.8) is 0 Å². The lowest BCUT2D eigenvalue weighted by Crippen LogP contribution is -2.29. The predicted octanol–water partition coefficient (Wildman–Crippen LogP) is 2.90. The molecule has 0 bridgehead atoms. The zero-order chi connectivity index (χ0) is 14.7. The van der Waals surface area contributed by atoms with Gasteiger partial charge in [0.15, 0.2) is 0 Å². The first-order valence-corrected chi connectivity index (χ1v) is 8.75. The third kappa shape index (κ3) is 3.24. The Kier molecular flexibility index (Phi) is 4.50. The third-order valence-electron chi connectivity index (χ3n) is 3.26. The van der Waals surface area contributed by atoms with Crippen molar-refractivity contribution in [1.82, 2.24) is 14.3 Å². The summed E-state index contributed by atoms with van der Waals surface area (Å²) >= 11 is 2.87. The maximum absolute atomic E-state index is 11.5. The quantitative estimate of drug-likeness (QED) is 0.605. The summed E-state index contributed by atoms with van der Waals surface area (Å²) in [7, 11) is 0. The summed E-state index contributed by atoms with van der Waals surface area (Å²) in [6, 6.07) is 6.05. The fourth-order valence-electron chi connectivity index (χ4n) is 2.18. The van der Waals surface area contributed by atoms with Gasteiger partial charge in [0.05, 0.1) is 10.8 Å². The van der Waals surface area contributed by atoms with Crippen molar-refractivity contribution in [3.8, 4) is 0 Å². The minimum atomic E-state index is -0.101. The molecule has 7 heteroatoms. The lowest BCUT2D eigenvalue weighted by molar-refractivity contribution is -0.124. The molecule has 0 aromatic carbocycles. The second-order valence-electron chi connectivity index (χ2n) is 4.67. The molecule has 2 aromatic rings. The molecule has 3 heterocycles. The summed E-state index contributed by atoms with van der Waals surface area (Å²) in [6.07, 6.45) is 5.57. The minimum absolute atomic E-state index is 0.0548. The SMILES string of the molecule is O=C1CSC(=O)N1CCCCSc1cccc2nccn12. The number of amides is 2. The van der Waals surface area contributed by atoms with Crippen LogP contribution in [0.15, 0.2) is 35.6 Å². The van der Waals surface area contributed by atoms with Gasteiger partial charge in [-0.1, -0.05) is 17.8 Å². The Morgan fingerprint density at radius 1 is 1.29 bits per heavy atom. The first kappa shape index (κ1) is 14.5. The topological polar surface area (TPSA) is 54.7 Å². The van der Waals surface area contributed by atoms with Gasteiger partial charge in [-0.3, -0.25) is 18.9 Å². The number of aromatic nitrogens is 2. The van der Waals surface area contributed by atoms with Gasteiger partial charge in [-0.2, -0.15) is 0 Å².